The Morgan fingerprint density at radius 1 is 1.35 bits per heavy atom. The maximum absolute atomic E-state index is 5.81. The summed E-state index contributed by atoms with van der Waals surface area (Å²) in [6, 6.07) is 10.8. The molecule has 0 aliphatic heterocycles. The van der Waals surface area contributed by atoms with Gasteiger partial charge in [-0.3, -0.25) is 0 Å². The number of hydrogen-bond acceptors (Lipinski definition) is 1. The maximum Gasteiger partial charge on any atom is 0.164 e. The highest BCUT2D eigenvalue weighted by Crippen LogP contribution is 2.47. The molecule has 3 N–H and O–H groups in total. The second kappa shape index (κ2) is 7.48. The molecule has 0 spiro atoms. The Hall–Kier alpha value is -1.35. The van der Waals surface area contributed by atoms with Crippen LogP contribution in [0.2, 0.25) is 0 Å². The quantitative estimate of drug-likeness (QED) is 0.591. The standard InChI is InChI=1S/C20H30N2S/c1-4-5-13-20(15-17-10-7-6-8-11-17)14-9-12-19(3,16(20)2)22-18(21)23/h6-11,14,16H,4-5,12-13,15H2,1-3H3,(H3,21,22,23). The van der Waals surface area contributed by atoms with Crippen molar-refractivity contribution in [2.24, 2.45) is 17.1 Å². The Bertz CT molecular complexity index is 554. The van der Waals surface area contributed by atoms with E-state index in [-0.39, 0.29) is 11.0 Å². The molecule has 0 amide bonds. The average molecular weight is 331 g/mol. The lowest BCUT2D eigenvalue weighted by atomic mass is 9.58. The molecule has 1 aliphatic carbocycles. The number of allylic oxidation sites excluding steroid dienone is 1. The number of nitrogens with one attached hydrogen (secondary N) is 1. The molecule has 23 heavy (non-hydrogen) atoms. The minimum absolute atomic E-state index is 0.0803. The molecule has 0 saturated carbocycles. The summed E-state index contributed by atoms with van der Waals surface area (Å²) in [6.07, 6.45) is 10.5. The summed E-state index contributed by atoms with van der Waals surface area (Å²) in [6.45, 7) is 6.87. The van der Waals surface area contributed by atoms with Crippen molar-refractivity contribution in [1.29, 1.82) is 0 Å². The van der Waals surface area contributed by atoms with Gasteiger partial charge in [-0.1, -0.05) is 69.2 Å². The monoisotopic (exact) mass is 330 g/mol. The number of rotatable bonds is 6. The highest BCUT2D eigenvalue weighted by molar-refractivity contribution is 7.80. The topological polar surface area (TPSA) is 38.0 Å². The molecule has 3 heteroatoms. The van der Waals surface area contributed by atoms with E-state index in [1.165, 1.54) is 24.8 Å². The first kappa shape index (κ1) is 18.0. The van der Waals surface area contributed by atoms with E-state index in [0.29, 0.717) is 11.0 Å². The van der Waals surface area contributed by atoms with Crippen LogP contribution >= 0.6 is 12.2 Å². The molecule has 2 rings (SSSR count). The van der Waals surface area contributed by atoms with E-state index in [9.17, 15) is 0 Å². The minimum atomic E-state index is -0.0803. The predicted molar refractivity (Wildman–Crippen MR) is 103 cm³/mol. The van der Waals surface area contributed by atoms with E-state index < -0.39 is 0 Å². The molecule has 0 fully saturated rings. The van der Waals surface area contributed by atoms with E-state index in [2.05, 4.69) is 68.6 Å². The van der Waals surface area contributed by atoms with Crippen molar-refractivity contribution in [3.63, 3.8) is 0 Å². The summed E-state index contributed by atoms with van der Waals surface area (Å²) in [4.78, 5) is 0. The number of thiocarbonyl (C=S) groups is 1. The Morgan fingerprint density at radius 3 is 2.65 bits per heavy atom. The van der Waals surface area contributed by atoms with Gasteiger partial charge in [-0.2, -0.15) is 0 Å². The van der Waals surface area contributed by atoms with E-state index >= 15 is 0 Å². The number of unbranched alkanes of at least 4 members (excludes halogenated alkanes) is 1. The third-order valence-electron chi connectivity index (χ3n) is 5.59. The third-order valence-corrected chi connectivity index (χ3v) is 5.69. The predicted octanol–water partition coefficient (Wildman–Crippen LogP) is 4.59. The molecular weight excluding hydrogens is 300 g/mol. The van der Waals surface area contributed by atoms with Gasteiger partial charge in [0.2, 0.25) is 0 Å². The number of benzene rings is 1. The molecule has 0 bridgehead atoms. The van der Waals surface area contributed by atoms with Gasteiger partial charge in [0.25, 0.3) is 0 Å². The fourth-order valence-electron chi connectivity index (χ4n) is 4.02. The molecule has 0 saturated heterocycles. The fraction of sp³-hybridized carbons (Fsp3) is 0.550. The third kappa shape index (κ3) is 4.14. The van der Waals surface area contributed by atoms with Crippen LogP contribution in [0.5, 0.6) is 0 Å². The van der Waals surface area contributed by atoms with Crippen LogP contribution < -0.4 is 11.1 Å². The van der Waals surface area contributed by atoms with Crippen LogP contribution in [0.25, 0.3) is 0 Å². The van der Waals surface area contributed by atoms with Gasteiger partial charge < -0.3 is 11.1 Å². The summed E-state index contributed by atoms with van der Waals surface area (Å²) in [7, 11) is 0. The van der Waals surface area contributed by atoms with Gasteiger partial charge in [0.15, 0.2) is 5.11 Å². The molecule has 0 aromatic heterocycles. The smallest absolute Gasteiger partial charge is 0.164 e. The van der Waals surface area contributed by atoms with Crippen molar-refractivity contribution in [3.05, 3.63) is 48.0 Å². The highest BCUT2D eigenvalue weighted by atomic mass is 32.1. The summed E-state index contributed by atoms with van der Waals surface area (Å²) < 4.78 is 0. The van der Waals surface area contributed by atoms with Gasteiger partial charge in [-0.15, -0.1) is 0 Å². The molecular formula is C20H30N2S. The summed E-state index contributed by atoms with van der Waals surface area (Å²) in [5.74, 6) is 0.452. The summed E-state index contributed by atoms with van der Waals surface area (Å²) in [5, 5.41) is 3.78. The Morgan fingerprint density at radius 2 is 2.04 bits per heavy atom. The van der Waals surface area contributed by atoms with Crippen LogP contribution in [0.1, 0.15) is 52.0 Å². The molecule has 3 atom stereocenters. The molecule has 0 radical (unpaired) electrons. The molecule has 3 unspecified atom stereocenters. The van der Waals surface area contributed by atoms with Crippen molar-refractivity contribution >= 4 is 17.3 Å². The number of nitrogens with two attached hydrogens (primary N) is 1. The molecule has 1 aromatic rings. The highest BCUT2D eigenvalue weighted by Gasteiger charge is 2.46. The molecule has 1 aliphatic rings. The summed E-state index contributed by atoms with van der Waals surface area (Å²) in [5.41, 5.74) is 7.29. The maximum atomic E-state index is 5.81. The second-order valence-electron chi connectivity index (χ2n) is 7.23. The second-order valence-corrected chi connectivity index (χ2v) is 7.67. The van der Waals surface area contributed by atoms with Crippen molar-refractivity contribution in [1.82, 2.24) is 5.32 Å². The zero-order valence-corrected chi connectivity index (χ0v) is 15.5. The zero-order chi connectivity index (χ0) is 16.9. The Labute approximate surface area is 146 Å². The van der Waals surface area contributed by atoms with Crippen LogP contribution in [0.15, 0.2) is 42.5 Å². The van der Waals surface area contributed by atoms with Crippen molar-refractivity contribution < 1.29 is 0 Å². The van der Waals surface area contributed by atoms with E-state index in [1.54, 1.807) is 0 Å². The van der Waals surface area contributed by atoms with Crippen LogP contribution in [0.4, 0.5) is 0 Å². The van der Waals surface area contributed by atoms with E-state index in [0.717, 1.165) is 12.8 Å². The molecule has 126 valence electrons. The SMILES string of the molecule is CCCCC1(Cc2ccccc2)C=CCC(C)(NC(N)=S)C1C. The first-order valence-corrected chi connectivity index (χ1v) is 9.12. The zero-order valence-electron chi connectivity index (χ0n) is 14.6. The van der Waals surface area contributed by atoms with Crippen molar-refractivity contribution in [2.75, 3.05) is 0 Å². The van der Waals surface area contributed by atoms with Gasteiger partial charge in [-0.25, -0.2) is 0 Å². The van der Waals surface area contributed by atoms with E-state index in [4.69, 9.17) is 18.0 Å². The van der Waals surface area contributed by atoms with Gasteiger partial charge in [0, 0.05) is 5.54 Å². The lowest BCUT2D eigenvalue weighted by Crippen LogP contribution is -2.58. The van der Waals surface area contributed by atoms with Gasteiger partial charge in [0.1, 0.15) is 0 Å². The van der Waals surface area contributed by atoms with Crippen LogP contribution in [0, 0.1) is 11.3 Å². The van der Waals surface area contributed by atoms with Gasteiger partial charge in [0.05, 0.1) is 0 Å². The minimum Gasteiger partial charge on any atom is -0.376 e. The Kier molecular flexibility index (Phi) is 5.85. The summed E-state index contributed by atoms with van der Waals surface area (Å²) >= 11 is 5.14. The van der Waals surface area contributed by atoms with Crippen LogP contribution in [-0.4, -0.2) is 10.7 Å². The molecule has 1 aromatic carbocycles. The average Bonchev–Trinajstić information content (AvgIpc) is 2.51. The fourth-order valence-corrected chi connectivity index (χ4v) is 4.25. The van der Waals surface area contributed by atoms with Crippen LogP contribution in [0.3, 0.4) is 0 Å². The normalized spacial score (nSPS) is 30.1. The van der Waals surface area contributed by atoms with Crippen LogP contribution in [-0.2, 0) is 6.42 Å². The first-order valence-electron chi connectivity index (χ1n) is 8.71. The lowest BCUT2D eigenvalue weighted by molar-refractivity contribution is 0.109. The molecule has 2 nitrogen and oxygen atoms in total. The van der Waals surface area contributed by atoms with Gasteiger partial charge in [-0.05, 0) is 55.3 Å². The van der Waals surface area contributed by atoms with Crippen molar-refractivity contribution in [2.45, 2.75) is 58.4 Å². The number of hydrogen-bond donors (Lipinski definition) is 2. The lowest BCUT2D eigenvalue weighted by Gasteiger charge is -2.50. The van der Waals surface area contributed by atoms with Gasteiger partial charge >= 0.3 is 0 Å². The largest absolute Gasteiger partial charge is 0.376 e. The Balaban J connectivity index is 2.34. The van der Waals surface area contributed by atoms with E-state index in [1.807, 2.05) is 0 Å². The van der Waals surface area contributed by atoms with Crippen molar-refractivity contribution in [3.8, 4) is 0 Å². The molecule has 0 heterocycles. The first-order chi connectivity index (χ1) is 10.9.